The van der Waals surface area contributed by atoms with E-state index in [0.29, 0.717) is 0 Å². The molecule has 0 amide bonds. The molecular formula is C9H11ClF4N2. The number of hydrogen-bond acceptors (Lipinski definition) is 1. The highest BCUT2D eigenvalue weighted by molar-refractivity contribution is 6.32. The summed E-state index contributed by atoms with van der Waals surface area (Å²) in [5.41, 5.74) is -2.29. The van der Waals surface area contributed by atoms with Crippen molar-refractivity contribution in [1.82, 2.24) is 9.78 Å². The minimum Gasteiger partial charge on any atom is -0.256 e. The Morgan fingerprint density at radius 2 is 1.62 bits per heavy atom. The quantitative estimate of drug-likeness (QED) is 0.728. The normalized spacial score (nSPS) is 12.9. The van der Waals surface area contributed by atoms with Gasteiger partial charge >= 0.3 is 0 Å². The van der Waals surface area contributed by atoms with Crippen molar-refractivity contribution in [2.24, 2.45) is 0 Å². The molecule has 0 saturated carbocycles. The molecule has 0 spiro atoms. The van der Waals surface area contributed by atoms with E-state index in [4.69, 9.17) is 11.6 Å². The van der Waals surface area contributed by atoms with E-state index in [1.165, 1.54) is 0 Å². The van der Waals surface area contributed by atoms with Crippen LogP contribution in [0.4, 0.5) is 17.6 Å². The minimum atomic E-state index is -2.96. The molecule has 1 aromatic rings. The van der Waals surface area contributed by atoms with E-state index < -0.39 is 34.8 Å². The van der Waals surface area contributed by atoms with Crippen LogP contribution in [0, 0.1) is 0 Å². The van der Waals surface area contributed by atoms with Gasteiger partial charge in [-0.25, -0.2) is 17.6 Å². The van der Waals surface area contributed by atoms with Gasteiger partial charge < -0.3 is 0 Å². The highest BCUT2D eigenvalue weighted by Crippen LogP contribution is 2.37. The summed E-state index contributed by atoms with van der Waals surface area (Å²) < 4.78 is 51.2. The Labute approximate surface area is 95.2 Å². The molecule has 0 aliphatic heterocycles. The Morgan fingerprint density at radius 3 is 1.88 bits per heavy atom. The molecule has 92 valence electrons. The predicted molar refractivity (Wildman–Crippen MR) is 52.1 cm³/mol. The lowest BCUT2D eigenvalue weighted by Crippen LogP contribution is -2.25. The van der Waals surface area contributed by atoms with Crippen molar-refractivity contribution >= 4 is 11.6 Å². The van der Waals surface area contributed by atoms with Gasteiger partial charge in [-0.1, -0.05) is 11.6 Å². The van der Waals surface area contributed by atoms with E-state index in [1.807, 2.05) is 0 Å². The highest BCUT2D eigenvalue weighted by atomic mass is 35.5. The molecule has 0 atom stereocenters. The molecule has 7 heteroatoms. The largest absolute Gasteiger partial charge is 0.283 e. The van der Waals surface area contributed by atoms with Crippen molar-refractivity contribution in [2.45, 2.75) is 39.2 Å². The van der Waals surface area contributed by atoms with Crippen molar-refractivity contribution in [3.63, 3.8) is 0 Å². The molecule has 0 aromatic carbocycles. The second-order valence-electron chi connectivity index (χ2n) is 4.27. The average molecular weight is 259 g/mol. The summed E-state index contributed by atoms with van der Waals surface area (Å²) in [4.78, 5) is 0. The van der Waals surface area contributed by atoms with Crippen LogP contribution in [0.2, 0.25) is 5.02 Å². The zero-order chi connectivity index (χ0) is 12.7. The number of nitrogens with zero attached hydrogens (tertiary/aromatic N) is 2. The topological polar surface area (TPSA) is 17.8 Å². The van der Waals surface area contributed by atoms with Gasteiger partial charge in [-0.2, -0.15) is 5.10 Å². The lowest BCUT2D eigenvalue weighted by atomic mass is 10.1. The Kier molecular flexibility index (Phi) is 3.52. The Balaban J connectivity index is 3.44. The molecule has 16 heavy (non-hydrogen) atoms. The molecule has 2 nitrogen and oxygen atoms in total. The highest BCUT2D eigenvalue weighted by Gasteiger charge is 2.32. The van der Waals surface area contributed by atoms with Gasteiger partial charge in [-0.3, -0.25) is 4.68 Å². The van der Waals surface area contributed by atoms with Crippen LogP contribution in [0.15, 0.2) is 0 Å². The van der Waals surface area contributed by atoms with E-state index in [-0.39, 0.29) is 0 Å². The molecule has 0 radical (unpaired) electrons. The van der Waals surface area contributed by atoms with Gasteiger partial charge in [0.2, 0.25) is 0 Å². The summed E-state index contributed by atoms with van der Waals surface area (Å²) >= 11 is 5.48. The SMILES string of the molecule is CC(C)(C)n1nc(C(F)F)c(Cl)c1C(F)F. The zero-order valence-electron chi connectivity index (χ0n) is 8.94. The Morgan fingerprint density at radius 1 is 1.12 bits per heavy atom. The fraction of sp³-hybridized carbons (Fsp3) is 0.667. The molecular weight excluding hydrogens is 248 g/mol. The first kappa shape index (κ1) is 13.3. The van der Waals surface area contributed by atoms with Crippen LogP contribution in [0.25, 0.3) is 0 Å². The van der Waals surface area contributed by atoms with Gasteiger partial charge in [0.05, 0.1) is 10.6 Å². The van der Waals surface area contributed by atoms with E-state index in [1.54, 1.807) is 20.8 Å². The third kappa shape index (κ3) is 2.31. The van der Waals surface area contributed by atoms with Gasteiger partial charge in [-0.15, -0.1) is 0 Å². The summed E-state index contributed by atoms with van der Waals surface area (Å²) in [7, 11) is 0. The fourth-order valence-corrected chi connectivity index (χ4v) is 1.55. The van der Waals surface area contributed by atoms with Crippen LogP contribution in [0.1, 0.15) is 45.0 Å². The first-order valence-electron chi connectivity index (χ1n) is 4.51. The third-order valence-corrected chi connectivity index (χ3v) is 2.32. The summed E-state index contributed by atoms with van der Waals surface area (Å²) in [5, 5.41) is 2.80. The molecule has 1 aromatic heterocycles. The van der Waals surface area contributed by atoms with Crippen molar-refractivity contribution in [3.05, 3.63) is 16.4 Å². The van der Waals surface area contributed by atoms with E-state index >= 15 is 0 Å². The van der Waals surface area contributed by atoms with Gasteiger partial charge in [0.15, 0.2) is 0 Å². The molecule has 0 N–H and O–H groups in total. The van der Waals surface area contributed by atoms with E-state index in [2.05, 4.69) is 5.10 Å². The van der Waals surface area contributed by atoms with Crippen molar-refractivity contribution in [1.29, 1.82) is 0 Å². The summed E-state index contributed by atoms with van der Waals surface area (Å²) in [5.74, 6) is 0. The van der Waals surface area contributed by atoms with Gasteiger partial charge in [0.1, 0.15) is 11.4 Å². The molecule has 0 fully saturated rings. The number of halogens is 5. The first-order chi connectivity index (χ1) is 7.16. The molecule has 0 aliphatic carbocycles. The fourth-order valence-electron chi connectivity index (χ4n) is 1.27. The maximum atomic E-state index is 12.7. The molecule has 0 unspecified atom stereocenters. The maximum absolute atomic E-state index is 12.7. The Bertz CT molecular complexity index is 382. The van der Waals surface area contributed by atoms with Crippen molar-refractivity contribution < 1.29 is 17.6 Å². The lowest BCUT2D eigenvalue weighted by Gasteiger charge is -2.22. The standard InChI is InChI=1S/C9H11ClF4N2/c1-9(2,3)16-6(8(13)14)4(10)5(15-16)7(11)12/h7-8H,1-3H3. The van der Waals surface area contributed by atoms with Crippen LogP contribution in [-0.4, -0.2) is 9.78 Å². The number of aromatic nitrogens is 2. The number of alkyl halides is 4. The van der Waals surface area contributed by atoms with E-state index in [9.17, 15) is 17.6 Å². The van der Waals surface area contributed by atoms with Gasteiger partial charge in [-0.05, 0) is 20.8 Å². The first-order valence-corrected chi connectivity index (χ1v) is 4.89. The number of hydrogen-bond donors (Lipinski definition) is 0. The maximum Gasteiger partial charge on any atom is 0.283 e. The number of rotatable bonds is 2. The van der Waals surface area contributed by atoms with Crippen LogP contribution in [-0.2, 0) is 5.54 Å². The van der Waals surface area contributed by atoms with Crippen LogP contribution in [0.5, 0.6) is 0 Å². The van der Waals surface area contributed by atoms with Gasteiger partial charge in [0, 0.05) is 0 Å². The molecule has 0 aliphatic rings. The predicted octanol–water partition coefficient (Wildman–Crippen LogP) is 4.17. The monoisotopic (exact) mass is 258 g/mol. The molecule has 0 bridgehead atoms. The Hall–Kier alpha value is -0.780. The average Bonchev–Trinajstić information content (AvgIpc) is 2.41. The summed E-state index contributed by atoms with van der Waals surface area (Å²) in [6, 6.07) is 0. The summed E-state index contributed by atoms with van der Waals surface area (Å²) in [6.45, 7) is 4.74. The van der Waals surface area contributed by atoms with Crippen molar-refractivity contribution in [2.75, 3.05) is 0 Å². The van der Waals surface area contributed by atoms with Crippen LogP contribution in [0.3, 0.4) is 0 Å². The second-order valence-corrected chi connectivity index (χ2v) is 4.65. The van der Waals surface area contributed by atoms with Gasteiger partial charge in [0.25, 0.3) is 12.9 Å². The molecule has 1 rings (SSSR count). The molecule has 0 saturated heterocycles. The summed E-state index contributed by atoms with van der Waals surface area (Å²) in [6.07, 6.45) is -5.90. The zero-order valence-corrected chi connectivity index (χ0v) is 9.69. The van der Waals surface area contributed by atoms with E-state index in [0.717, 1.165) is 4.68 Å². The lowest BCUT2D eigenvalue weighted by molar-refractivity contribution is 0.129. The van der Waals surface area contributed by atoms with Crippen LogP contribution < -0.4 is 0 Å². The molecule has 1 heterocycles. The third-order valence-electron chi connectivity index (χ3n) is 1.93. The minimum absolute atomic E-state index is 0.653. The van der Waals surface area contributed by atoms with Crippen molar-refractivity contribution in [3.8, 4) is 0 Å². The smallest absolute Gasteiger partial charge is 0.256 e. The second kappa shape index (κ2) is 4.24. The van der Waals surface area contributed by atoms with Crippen LogP contribution >= 0.6 is 11.6 Å².